The Hall–Kier alpha value is -0.440. The SMILES string of the molecule is CCc1ccc(CC)c(C(Cl)c2cc3c(s2)CCSC3)c1. The second-order valence-corrected chi connectivity index (χ2v) is 8.21. The van der Waals surface area contributed by atoms with Gasteiger partial charge in [-0.05, 0) is 53.3 Å². The van der Waals surface area contributed by atoms with Gasteiger partial charge in [-0.3, -0.25) is 0 Å². The van der Waals surface area contributed by atoms with Crippen molar-refractivity contribution in [2.45, 2.75) is 44.2 Å². The molecule has 0 spiro atoms. The predicted molar refractivity (Wildman–Crippen MR) is 97.1 cm³/mol. The van der Waals surface area contributed by atoms with Crippen LogP contribution < -0.4 is 0 Å². The van der Waals surface area contributed by atoms with E-state index in [1.54, 1.807) is 4.88 Å². The van der Waals surface area contributed by atoms with Gasteiger partial charge in [0, 0.05) is 15.5 Å². The molecule has 112 valence electrons. The average molecular weight is 337 g/mol. The van der Waals surface area contributed by atoms with E-state index in [0.29, 0.717) is 0 Å². The van der Waals surface area contributed by atoms with Gasteiger partial charge in [0.15, 0.2) is 0 Å². The van der Waals surface area contributed by atoms with Crippen LogP contribution in [-0.2, 0) is 25.0 Å². The van der Waals surface area contributed by atoms with Gasteiger partial charge in [-0.25, -0.2) is 0 Å². The summed E-state index contributed by atoms with van der Waals surface area (Å²) in [6.45, 7) is 4.42. The number of hydrogen-bond donors (Lipinski definition) is 0. The van der Waals surface area contributed by atoms with Crippen molar-refractivity contribution in [3.63, 3.8) is 0 Å². The van der Waals surface area contributed by atoms with Gasteiger partial charge < -0.3 is 0 Å². The third-order valence-corrected chi connectivity index (χ3v) is 7.08. The Balaban J connectivity index is 1.97. The lowest BCUT2D eigenvalue weighted by molar-refractivity contribution is 1.03. The van der Waals surface area contributed by atoms with E-state index in [1.807, 2.05) is 23.1 Å². The molecule has 0 saturated carbocycles. The second kappa shape index (κ2) is 6.76. The van der Waals surface area contributed by atoms with Crippen LogP contribution in [0, 0.1) is 0 Å². The molecule has 1 aliphatic heterocycles. The van der Waals surface area contributed by atoms with Crippen LogP contribution in [0.2, 0.25) is 0 Å². The lowest BCUT2D eigenvalue weighted by Crippen LogP contribution is -1.98. The quantitative estimate of drug-likeness (QED) is 0.618. The third kappa shape index (κ3) is 3.18. The maximum atomic E-state index is 6.87. The summed E-state index contributed by atoms with van der Waals surface area (Å²) in [4.78, 5) is 2.88. The third-order valence-electron chi connectivity index (χ3n) is 4.17. The van der Waals surface area contributed by atoms with Gasteiger partial charge in [0.25, 0.3) is 0 Å². The van der Waals surface area contributed by atoms with Crippen LogP contribution in [0.25, 0.3) is 0 Å². The summed E-state index contributed by atoms with van der Waals surface area (Å²) in [6, 6.07) is 9.15. The Kier molecular flexibility index (Phi) is 4.98. The van der Waals surface area contributed by atoms with Crippen molar-refractivity contribution in [1.82, 2.24) is 0 Å². The average Bonchev–Trinajstić information content (AvgIpc) is 2.97. The first-order chi connectivity index (χ1) is 10.2. The molecule has 1 aromatic carbocycles. The van der Waals surface area contributed by atoms with Crippen molar-refractivity contribution in [2.75, 3.05) is 5.75 Å². The highest BCUT2D eigenvalue weighted by Gasteiger charge is 2.21. The summed E-state index contributed by atoms with van der Waals surface area (Å²) in [6.07, 6.45) is 3.32. The van der Waals surface area contributed by atoms with E-state index < -0.39 is 0 Å². The van der Waals surface area contributed by atoms with Crippen LogP contribution in [-0.4, -0.2) is 5.75 Å². The molecular weight excluding hydrogens is 316 g/mol. The number of alkyl halides is 1. The van der Waals surface area contributed by atoms with Crippen LogP contribution in [0.3, 0.4) is 0 Å². The maximum absolute atomic E-state index is 6.87. The summed E-state index contributed by atoms with van der Waals surface area (Å²) >= 11 is 10.8. The topological polar surface area (TPSA) is 0 Å². The molecule has 0 fully saturated rings. The van der Waals surface area contributed by atoms with Crippen LogP contribution in [0.4, 0.5) is 0 Å². The van der Waals surface area contributed by atoms with Crippen LogP contribution in [0.1, 0.15) is 51.2 Å². The minimum Gasteiger partial charge on any atom is -0.157 e. The van der Waals surface area contributed by atoms with Crippen LogP contribution in [0.15, 0.2) is 24.3 Å². The Labute approximate surface area is 140 Å². The number of benzene rings is 1. The van der Waals surface area contributed by atoms with Gasteiger partial charge in [-0.15, -0.1) is 22.9 Å². The van der Waals surface area contributed by atoms with Crippen molar-refractivity contribution >= 4 is 34.7 Å². The van der Waals surface area contributed by atoms with Crippen molar-refractivity contribution in [3.8, 4) is 0 Å². The normalized spacial score (nSPS) is 15.8. The van der Waals surface area contributed by atoms with E-state index in [-0.39, 0.29) is 5.38 Å². The van der Waals surface area contributed by atoms with Crippen molar-refractivity contribution in [1.29, 1.82) is 0 Å². The highest BCUT2D eigenvalue weighted by molar-refractivity contribution is 7.98. The molecule has 3 heteroatoms. The lowest BCUT2D eigenvalue weighted by Gasteiger charge is -2.14. The predicted octanol–water partition coefficient (Wildman–Crippen LogP) is 5.99. The molecule has 0 amide bonds. The Morgan fingerprint density at radius 2 is 2.05 bits per heavy atom. The standard InChI is InChI=1S/C18H21ClS2/c1-3-12-5-6-13(4-2)15(9-12)18(19)17-10-14-11-20-8-7-16(14)21-17/h5-6,9-10,18H,3-4,7-8,11H2,1-2H3. The number of thioether (sulfide) groups is 1. The highest BCUT2D eigenvalue weighted by Crippen LogP contribution is 2.40. The van der Waals surface area contributed by atoms with Crippen molar-refractivity contribution in [2.24, 2.45) is 0 Å². The van der Waals surface area contributed by atoms with E-state index in [4.69, 9.17) is 11.6 Å². The van der Waals surface area contributed by atoms with Gasteiger partial charge >= 0.3 is 0 Å². The molecule has 0 N–H and O–H groups in total. The first-order valence-electron chi connectivity index (χ1n) is 7.67. The summed E-state index contributed by atoms with van der Waals surface area (Å²) in [5.74, 6) is 2.41. The number of hydrogen-bond acceptors (Lipinski definition) is 2. The van der Waals surface area contributed by atoms with E-state index in [1.165, 1.54) is 39.3 Å². The molecule has 3 rings (SSSR count). The summed E-state index contributed by atoms with van der Waals surface area (Å²) in [7, 11) is 0. The molecule has 1 aliphatic rings. The zero-order valence-electron chi connectivity index (χ0n) is 12.6. The van der Waals surface area contributed by atoms with Crippen molar-refractivity contribution < 1.29 is 0 Å². The molecule has 2 aromatic rings. The molecule has 2 heterocycles. The van der Waals surface area contributed by atoms with E-state index in [0.717, 1.165) is 18.6 Å². The number of rotatable bonds is 4. The van der Waals surface area contributed by atoms with Crippen LogP contribution in [0.5, 0.6) is 0 Å². The van der Waals surface area contributed by atoms with Gasteiger partial charge in [0.2, 0.25) is 0 Å². The number of aryl methyl sites for hydroxylation is 3. The molecule has 0 bridgehead atoms. The van der Waals surface area contributed by atoms with E-state index >= 15 is 0 Å². The Bertz CT molecular complexity index is 607. The molecule has 0 aliphatic carbocycles. The zero-order valence-corrected chi connectivity index (χ0v) is 15.0. The van der Waals surface area contributed by atoms with Crippen molar-refractivity contribution in [3.05, 3.63) is 56.3 Å². The first-order valence-corrected chi connectivity index (χ1v) is 10.1. The minimum absolute atomic E-state index is 0.00653. The van der Waals surface area contributed by atoms with Crippen LogP contribution >= 0.6 is 34.7 Å². The molecule has 21 heavy (non-hydrogen) atoms. The second-order valence-electron chi connectivity index (χ2n) is 5.50. The molecule has 1 aromatic heterocycles. The summed E-state index contributed by atoms with van der Waals surface area (Å²) in [5, 5.41) is 0.00653. The molecule has 0 radical (unpaired) electrons. The fourth-order valence-corrected chi connectivity index (χ4v) is 5.64. The molecule has 1 atom stereocenters. The monoisotopic (exact) mass is 336 g/mol. The Morgan fingerprint density at radius 3 is 2.76 bits per heavy atom. The molecule has 0 saturated heterocycles. The maximum Gasteiger partial charge on any atom is 0.0930 e. The summed E-state index contributed by atoms with van der Waals surface area (Å²) in [5.41, 5.74) is 5.59. The largest absolute Gasteiger partial charge is 0.157 e. The van der Waals surface area contributed by atoms with Gasteiger partial charge in [0.05, 0.1) is 5.38 Å². The number of thiophene rings is 1. The highest BCUT2D eigenvalue weighted by atomic mass is 35.5. The van der Waals surface area contributed by atoms with E-state index in [2.05, 4.69) is 38.1 Å². The zero-order chi connectivity index (χ0) is 14.8. The lowest BCUT2D eigenvalue weighted by atomic mass is 9.97. The molecular formula is C18H21ClS2. The van der Waals surface area contributed by atoms with E-state index in [9.17, 15) is 0 Å². The number of fused-ring (bicyclic) bond motifs is 1. The molecule has 1 unspecified atom stereocenters. The van der Waals surface area contributed by atoms with Gasteiger partial charge in [0.1, 0.15) is 0 Å². The molecule has 0 nitrogen and oxygen atoms in total. The van der Waals surface area contributed by atoms with Gasteiger partial charge in [-0.1, -0.05) is 32.0 Å². The fraction of sp³-hybridized carbons (Fsp3) is 0.444. The van der Waals surface area contributed by atoms with Gasteiger partial charge in [-0.2, -0.15) is 11.8 Å². The number of halogens is 1. The fourth-order valence-electron chi connectivity index (χ4n) is 2.87. The first kappa shape index (κ1) is 15.5. The smallest absolute Gasteiger partial charge is 0.0930 e. The Morgan fingerprint density at radius 1 is 1.19 bits per heavy atom. The minimum atomic E-state index is 0.00653. The summed E-state index contributed by atoms with van der Waals surface area (Å²) < 4.78 is 0.